The van der Waals surface area contributed by atoms with Crippen molar-refractivity contribution < 1.29 is 9.18 Å². The van der Waals surface area contributed by atoms with Gasteiger partial charge in [-0.1, -0.05) is 30.3 Å². The molecule has 26 heavy (non-hydrogen) atoms. The van der Waals surface area contributed by atoms with Crippen LogP contribution >= 0.6 is 0 Å². The van der Waals surface area contributed by atoms with E-state index in [-0.39, 0.29) is 23.6 Å². The maximum absolute atomic E-state index is 13.1. The molecule has 5 nitrogen and oxygen atoms in total. The Morgan fingerprint density at radius 3 is 2.38 bits per heavy atom. The zero-order valence-electron chi connectivity index (χ0n) is 15.1. The number of benzene rings is 2. The summed E-state index contributed by atoms with van der Waals surface area (Å²) in [4.78, 5) is 19.0. The smallest absolute Gasteiger partial charge is 0.294 e. The molecular formula is C20H21FN4O. The Morgan fingerprint density at radius 1 is 1.12 bits per heavy atom. The Kier molecular flexibility index (Phi) is 5.11. The molecule has 0 unspecified atom stereocenters. The number of carbonyl (C=O) groups excluding carboxylic acids is 1. The molecule has 1 heterocycles. The summed E-state index contributed by atoms with van der Waals surface area (Å²) >= 11 is 0. The molecule has 2 aromatic carbocycles. The predicted molar refractivity (Wildman–Crippen MR) is 97.5 cm³/mol. The molecule has 0 radical (unpaired) electrons. The fourth-order valence-electron chi connectivity index (χ4n) is 2.70. The van der Waals surface area contributed by atoms with Crippen molar-refractivity contribution in [2.24, 2.45) is 0 Å². The largest absolute Gasteiger partial charge is 0.329 e. The van der Waals surface area contributed by atoms with Gasteiger partial charge in [-0.05, 0) is 50.6 Å². The predicted octanol–water partition coefficient (Wildman–Crippen LogP) is 3.77. The van der Waals surface area contributed by atoms with E-state index in [2.05, 4.69) is 10.1 Å². The summed E-state index contributed by atoms with van der Waals surface area (Å²) in [7, 11) is 0. The van der Waals surface area contributed by atoms with Crippen molar-refractivity contribution in [2.45, 2.75) is 33.4 Å². The Balaban J connectivity index is 1.88. The molecule has 0 atom stereocenters. The average Bonchev–Trinajstić information content (AvgIpc) is 3.02. The Hall–Kier alpha value is -3.02. The van der Waals surface area contributed by atoms with Crippen LogP contribution in [0.4, 0.5) is 4.39 Å². The number of aromatic nitrogens is 3. The van der Waals surface area contributed by atoms with Crippen molar-refractivity contribution in [2.75, 3.05) is 0 Å². The standard InChI is InChI=1S/C20H21FN4O/c1-14(2)24(13-16-7-5-4-6-8-16)20(26)19-22-15(3)25(23-19)18-11-9-17(21)10-12-18/h4-12,14H,13H2,1-3H3. The quantitative estimate of drug-likeness (QED) is 0.702. The highest BCUT2D eigenvalue weighted by atomic mass is 19.1. The monoisotopic (exact) mass is 352 g/mol. The van der Waals surface area contributed by atoms with Crippen LogP contribution in [0.5, 0.6) is 0 Å². The van der Waals surface area contributed by atoms with Crippen LogP contribution in [0, 0.1) is 12.7 Å². The molecular weight excluding hydrogens is 331 g/mol. The van der Waals surface area contributed by atoms with Gasteiger partial charge in [-0.15, -0.1) is 5.10 Å². The summed E-state index contributed by atoms with van der Waals surface area (Å²) in [6, 6.07) is 15.7. The van der Waals surface area contributed by atoms with Crippen LogP contribution in [0.1, 0.15) is 35.9 Å². The van der Waals surface area contributed by atoms with E-state index in [0.717, 1.165) is 5.56 Å². The van der Waals surface area contributed by atoms with Crippen molar-refractivity contribution >= 4 is 5.91 Å². The van der Waals surface area contributed by atoms with Crippen LogP contribution in [0.15, 0.2) is 54.6 Å². The highest BCUT2D eigenvalue weighted by Crippen LogP contribution is 2.15. The van der Waals surface area contributed by atoms with Crippen LogP contribution in [0.3, 0.4) is 0 Å². The van der Waals surface area contributed by atoms with E-state index in [1.54, 1.807) is 28.6 Å². The molecule has 0 saturated carbocycles. The number of hydrogen-bond acceptors (Lipinski definition) is 3. The minimum atomic E-state index is -0.323. The van der Waals surface area contributed by atoms with Gasteiger partial charge in [0.2, 0.25) is 5.82 Å². The third-order valence-electron chi connectivity index (χ3n) is 4.11. The van der Waals surface area contributed by atoms with E-state index in [1.165, 1.54) is 12.1 Å². The van der Waals surface area contributed by atoms with Gasteiger partial charge < -0.3 is 4.90 Å². The van der Waals surface area contributed by atoms with Crippen LogP contribution in [0.2, 0.25) is 0 Å². The number of carbonyl (C=O) groups is 1. The molecule has 0 saturated heterocycles. The molecule has 1 amide bonds. The summed E-state index contributed by atoms with van der Waals surface area (Å²) in [5.41, 5.74) is 1.71. The molecule has 0 spiro atoms. The summed E-state index contributed by atoms with van der Waals surface area (Å²) < 4.78 is 14.7. The van der Waals surface area contributed by atoms with Crippen molar-refractivity contribution in [1.29, 1.82) is 0 Å². The first-order valence-corrected chi connectivity index (χ1v) is 8.50. The summed E-state index contributed by atoms with van der Waals surface area (Å²) in [5, 5.41) is 4.35. The zero-order chi connectivity index (χ0) is 18.7. The molecule has 0 aliphatic heterocycles. The fourth-order valence-corrected chi connectivity index (χ4v) is 2.70. The number of hydrogen-bond donors (Lipinski definition) is 0. The Labute approximate surface area is 152 Å². The first-order valence-electron chi connectivity index (χ1n) is 8.50. The van der Waals surface area contributed by atoms with Crippen molar-refractivity contribution in [3.63, 3.8) is 0 Å². The lowest BCUT2D eigenvalue weighted by molar-refractivity contribution is 0.0677. The maximum atomic E-state index is 13.1. The van der Waals surface area contributed by atoms with Crippen molar-refractivity contribution in [1.82, 2.24) is 19.7 Å². The third-order valence-corrected chi connectivity index (χ3v) is 4.11. The third kappa shape index (κ3) is 3.79. The van der Waals surface area contributed by atoms with Crippen LogP contribution in [-0.2, 0) is 6.54 Å². The van der Waals surface area contributed by atoms with Gasteiger partial charge in [-0.25, -0.2) is 14.1 Å². The lowest BCUT2D eigenvalue weighted by atomic mass is 10.2. The maximum Gasteiger partial charge on any atom is 0.294 e. The van der Waals surface area contributed by atoms with Gasteiger partial charge >= 0.3 is 0 Å². The zero-order valence-corrected chi connectivity index (χ0v) is 15.1. The SMILES string of the molecule is Cc1nc(C(=O)N(Cc2ccccc2)C(C)C)nn1-c1ccc(F)cc1. The summed E-state index contributed by atoms with van der Waals surface area (Å²) in [6.45, 7) is 6.18. The van der Waals surface area contributed by atoms with Gasteiger partial charge in [0, 0.05) is 12.6 Å². The second-order valence-corrected chi connectivity index (χ2v) is 6.38. The minimum Gasteiger partial charge on any atom is -0.329 e. The fraction of sp³-hybridized carbons (Fsp3) is 0.250. The highest BCUT2D eigenvalue weighted by Gasteiger charge is 2.24. The molecule has 134 valence electrons. The lowest BCUT2D eigenvalue weighted by Gasteiger charge is -2.25. The number of amides is 1. The van der Waals surface area contributed by atoms with Gasteiger partial charge in [0.05, 0.1) is 5.69 Å². The average molecular weight is 352 g/mol. The first-order chi connectivity index (χ1) is 12.5. The first kappa shape index (κ1) is 17.8. The minimum absolute atomic E-state index is 0.000725. The van der Waals surface area contributed by atoms with Gasteiger partial charge in [0.25, 0.3) is 5.91 Å². The second kappa shape index (κ2) is 7.47. The summed E-state index contributed by atoms with van der Waals surface area (Å²) in [6.07, 6.45) is 0. The molecule has 0 N–H and O–H groups in total. The van der Waals surface area contributed by atoms with Gasteiger partial charge in [-0.3, -0.25) is 4.79 Å². The highest BCUT2D eigenvalue weighted by molar-refractivity contribution is 5.90. The molecule has 0 aliphatic carbocycles. The number of rotatable bonds is 5. The molecule has 6 heteroatoms. The number of nitrogens with zero attached hydrogens (tertiary/aromatic N) is 4. The summed E-state index contributed by atoms with van der Waals surface area (Å²) in [5.74, 6) is 0.157. The number of aryl methyl sites for hydroxylation is 1. The molecule has 0 bridgehead atoms. The van der Waals surface area contributed by atoms with E-state index in [0.29, 0.717) is 18.1 Å². The lowest BCUT2D eigenvalue weighted by Crippen LogP contribution is -2.37. The Bertz CT molecular complexity index is 888. The van der Waals surface area contributed by atoms with Crippen molar-refractivity contribution in [3.8, 4) is 5.69 Å². The molecule has 0 fully saturated rings. The van der Waals surface area contributed by atoms with Gasteiger partial charge in [0.1, 0.15) is 11.6 Å². The van der Waals surface area contributed by atoms with Crippen LogP contribution in [-0.4, -0.2) is 31.6 Å². The molecule has 1 aromatic heterocycles. The van der Waals surface area contributed by atoms with E-state index < -0.39 is 0 Å². The van der Waals surface area contributed by atoms with Gasteiger partial charge in [-0.2, -0.15) is 0 Å². The van der Waals surface area contributed by atoms with Crippen LogP contribution in [0.25, 0.3) is 5.69 Å². The van der Waals surface area contributed by atoms with Gasteiger partial charge in [0.15, 0.2) is 0 Å². The van der Waals surface area contributed by atoms with E-state index in [1.807, 2.05) is 44.2 Å². The second-order valence-electron chi connectivity index (χ2n) is 6.38. The van der Waals surface area contributed by atoms with Crippen molar-refractivity contribution in [3.05, 3.63) is 77.6 Å². The Morgan fingerprint density at radius 2 is 1.77 bits per heavy atom. The van der Waals surface area contributed by atoms with E-state index in [4.69, 9.17) is 0 Å². The molecule has 3 rings (SSSR count). The number of halogens is 1. The topological polar surface area (TPSA) is 51.0 Å². The molecule has 0 aliphatic rings. The normalized spacial score (nSPS) is 11.0. The molecule has 3 aromatic rings. The van der Waals surface area contributed by atoms with Crippen LogP contribution < -0.4 is 0 Å². The van der Waals surface area contributed by atoms with E-state index in [9.17, 15) is 9.18 Å². The van der Waals surface area contributed by atoms with E-state index >= 15 is 0 Å².